The third kappa shape index (κ3) is 3.40. The summed E-state index contributed by atoms with van der Waals surface area (Å²) in [7, 11) is 0. The summed E-state index contributed by atoms with van der Waals surface area (Å²) in [6.07, 6.45) is 0. The van der Waals surface area contributed by atoms with Gasteiger partial charge in [-0.3, -0.25) is 0 Å². The van der Waals surface area contributed by atoms with Gasteiger partial charge < -0.3 is 5.32 Å². The highest BCUT2D eigenvalue weighted by Gasteiger charge is 2.19. The third-order valence-electron chi connectivity index (χ3n) is 3.11. The first-order valence-corrected chi connectivity index (χ1v) is 7.55. The fourth-order valence-corrected chi connectivity index (χ4v) is 3.04. The summed E-state index contributed by atoms with van der Waals surface area (Å²) in [5.74, 6) is 0. The molecule has 1 heterocycles. The van der Waals surface area contributed by atoms with Gasteiger partial charge in [-0.2, -0.15) is 5.26 Å². The van der Waals surface area contributed by atoms with E-state index in [9.17, 15) is 5.26 Å². The molecular formula is C17H20N2S. The molecule has 2 nitrogen and oxygen atoms in total. The lowest BCUT2D eigenvalue weighted by atomic mass is 9.95. The zero-order chi connectivity index (χ0) is 14.8. The van der Waals surface area contributed by atoms with Crippen LogP contribution < -0.4 is 5.32 Å². The second-order valence-corrected chi connectivity index (χ2v) is 7.14. The quantitative estimate of drug-likeness (QED) is 0.858. The van der Waals surface area contributed by atoms with E-state index in [0.717, 1.165) is 10.6 Å². The van der Waals surface area contributed by atoms with E-state index in [0.29, 0.717) is 0 Å². The van der Waals surface area contributed by atoms with E-state index in [1.807, 2.05) is 12.1 Å². The van der Waals surface area contributed by atoms with Gasteiger partial charge in [0.1, 0.15) is 6.04 Å². The third-order valence-corrected chi connectivity index (χ3v) is 4.68. The van der Waals surface area contributed by atoms with Crippen molar-refractivity contribution in [2.75, 3.05) is 5.32 Å². The fraction of sp³-hybridized carbons (Fsp3) is 0.353. The van der Waals surface area contributed by atoms with Crippen LogP contribution in [-0.2, 0) is 5.41 Å². The average Bonchev–Trinajstić information content (AvgIpc) is 2.85. The molecule has 0 spiro atoms. The number of aryl methyl sites for hydroxylation is 1. The van der Waals surface area contributed by atoms with Crippen LogP contribution in [0.2, 0.25) is 0 Å². The summed E-state index contributed by atoms with van der Waals surface area (Å²) in [6.45, 7) is 8.63. The Morgan fingerprint density at radius 2 is 1.95 bits per heavy atom. The number of nitrogens with zero attached hydrogens (tertiary/aromatic N) is 1. The first-order chi connectivity index (χ1) is 9.40. The highest BCUT2D eigenvalue weighted by molar-refractivity contribution is 7.12. The smallest absolute Gasteiger partial charge is 0.149 e. The molecule has 2 aromatic rings. The predicted molar refractivity (Wildman–Crippen MR) is 86.2 cm³/mol. The van der Waals surface area contributed by atoms with Crippen LogP contribution in [0.3, 0.4) is 0 Å². The monoisotopic (exact) mass is 284 g/mol. The summed E-state index contributed by atoms with van der Waals surface area (Å²) in [5.41, 5.74) is 2.31. The maximum atomic E-state index is 9.42. The molecule has 0 fully saturated rings. The molecule has 0 radical (unpaired) electrons. The van der Waals surface area contributed by atoms with Crippen molar-refractivity contribution in [1.29, 1.82) is 5.26 Å². The first kappa shape index (κ1) is 14.6. The van der Waals surface area contributed by atoms with Gasteiger partial charge in [-0.1, -0.05) is 32.9 Å². The van der Waals surface area contributed by atoms with Gasteiger partial charge in [-0.25, -0.2) is 0 Å². The second kappa shape index (κ2) is 5.68. The van der Waals surface area contributed by atoms with Crippen molar-refractivity contribution in [3.05, 3.63) is 51.7 Å². The van der Waals surface area contributed by atoms with Gasteiger partial charge in [0, 0.05) is 15.4 Å². The molecule has 20 heavy (non-hydrogen) atoms. The molecule has 0 saturated heterocycles. The van der Waals surface area contributed by atoms with Crippen LogP contribution in [0.15, 0.2) is 36.4 Å². The van der Waals surface area contributed by atoms with Gasteiger partial charge in [-0.05, 0) is 42.2 Å². The minimum absolute atomic E-state index is 0.131. The van der Waals surface area contributed by atoms with Crippen molar-refractivity contribution in [2.24, 2.45) is 0 Å². The topological polar surface area (TPSA) is 35.8 Å². The summed E-state index contributed by atoms with van der Waals surface area (Å²) >= 11 is 1.71. The van der Waals surface area contributed by atoms with Crippen molar-refractivity contribution in [2.45, 2.75) is 39.2 Å². The van der Waals surface area contributed by atoms with Gasteiger partial charge in [0.15, 0.2) is 0 Å². The Balaban J connectivity index is 2.21. The van der Waals surface area contributed by atoms with Crippen LogP contribution in [0.25, 0.3) is 0 Å². The Labute approximate surface area is 125 Å². The number of rotatable bonds is 3. The Hall–Kier alpha value is -1.79. The van der Waals surface area contributed by atoms with Crippen LogP contribution in [0.4, 0.5) is 5.69 Å². The van der Waals surface area contributed by atoms with E-state index >= 15 is 0 Å². The number of hydrogen-bond donors (Lipinski definition) is 1. The molecule has 3 heteroatoms. The fourth-order valence-electron chi connectivity index (χ4n) is 1.98. The lowest BCUT2D eigenvalue weighted by Crippen LogP contribution is -2.08. The highest BCUT2D eigenvalue weighted by atomic mass is 32.1. The first-order valence-electron chi connectivity index (χ1n) is 6.73. The predicted octanol–water partition coefficient (Wildman–Crippen LogP) is 5.03. The normalized spacial score (nSPS) is 12.8. The molecule has 1 aromatic heterocycles. The van der Waals surface area contributed by atoms with Gasteiger partial charge >= 0.3 is 0 Å². The standard InChI is InChI=1S/C17H20N2S/c1-12-6-5-7-13(10-12)19-14(11-18)15-8-9-16(20-15)17(2,3)4/h5-10,14,19H,1-4H3. The van der Waals surface area contributed by atoms with E-state index in [4.69, 9.17) is 0 Å². The molecule has 1 aromatic carbocycles. The lowest BCUT2D eigenvalue weighted by Gasteiger charge is -2.16. The number of anilines is 1. The maximum absolute atomic E-state index is 9.42. The van der Waals surface area contributed by atoms with Crippen molar-refractivity contribution < 1.29 is 0 Å². The van der Waals surface area contributed by atoms with E-state index < -0.39 is 0 Å². The van der Waals surface area contributed by atoms with Gasteiger partial charge in [0.25, 0.3) is 0 Å². The van der Waals surface area contributed by atoms with E-state index in [-0.39, 0.29) is 11.5 Å². The molecule has 104 valence electrons. The Morgan fingerprint density at radius 1 is 1.20 bits per heavy atom. The number of nitrogens with one attached hydrogen (secondary N) is 1. The molecule has 0 amide bonds. The minimum atomic E-state index is -0.294. The van der Waals surface area contributed by atoms with Gasteiger partial charge in [0.2, 0.25) is 0 Å². The van der Waals surface area contributed by atoms with Crippen molar-refractivity contribution >= 4 is 17.0 Å². The van der Waals surface area contributed by atoms with Crippen LogP contribution in [0.5, 0.6) is 0 Å². The van der Waals surface area contributed by atoms with Crippen LogP contribution >= 0.6 is 11.3 Å². The lowest BCUT2D eigenvalue weighted by molar-refractivity contribution is 0.604. The largest absolute Gasteiger partial charge is 0.366 e. The molecular weight excluding hydrogens is 264 g/mol. The van der Waals surface area contributed by atoms with E-state index in [2.05, 4.69) is 63.3 Å². The summed E-state index contributed by atoms with van der Waals surface area (Å²) in [5, 5.41) is 12.7. The maximum Gasteiger partial charge on any atom is 0.149 e. The van der Waals surface area contributed by atoms with Crippen molar-refractivity contribution in [3.63, 3.8) is 0 Å². The van der Waals surface area contributed by atoms with Crippen LogP contribution in [0, 0.1) is 18.3 Å². The number of hydrogen-bond acceptors (Lipinski definition) is 3. The molecule has 0 aliphatic heterocycles. The molecule has 0 aliphatic rings. The SMILES string of the molecule is Cc1cccc(NC(C#N)c2ccc(C(C)(C)C)s2)c1. The highest BCUT2D eigenvalue weighted by Crippen LogP contribution is 2.33. The molecule has 1 atom stereocenters. The van der Waals surface area contributed by atoms with Crippen molar-refractivity contribution in [1.82, 2.24) is 0 Å². The van der Waals surface area contributed by atoms with Gasteiger partial charge in [-0.15, -0.1) is 11.3 Å². The molecule has 1 N–H and O–H groups in total. The van der Waals surface area contributed by atoms with E-state index in [1.54, 1.807) is 11.3 Å². The summed E-state index contributed by atoms with van der Waals surface area (Å²) in [6, 6.07) is 14.3. The zero-order valence-corrected chi connectivity index (χ0v) is 13.2. The Kier molecular flexibility index (Phi) is 4.15. The second-order valence-electron chi connectivity index (χ2n) is 6.03. The Morgan fingerprint density at radius 3 is 2.50 bits per heavy atom. The minimum Gasteiger partial charge on any atom is -0.366 e. The number of nitriles is 1. The van der Waals surface area contributed by atoms with Crippen LogP contribution in [-0.4, -0.2) is 0 Å². The Bertz CT molecular complexity index is 629. The van der Waals surface area contributed by atoms with Crippen molar-refractivity contribution in [3.8, 4) is 6.07 Å². The summed E-state index contributed by atoms with van der Waals surface area (Å²) < 4.78 is 0. The number of benzene rings is 1. The van der Waals surface area contributed by atoms with Crippen LogP contribution in [0.1, 0.15) is 42.1 Å². The molecule has 1 unspecified atom stereocenters. The molecule has 0 bridgehead atoms. The molecule has 0 saturated carbocycles. The zero-order valence-electron chi connectivity index (χ0n) is 12.4. The van der Waals surface area contributed by atoms with E-state index in [1.165, 1.54) is 10.4 Å². The number of thiophene rings is 1. The van der Waals surface area contributed by atoms with Gasteiger partial charge in [0.05, 0.1) is 6.07 Å². The molecule has 0 aliphatic carbocycles. The molecule has 2 rings (SSSR count). The average molecular weight is 284 g/mol. The summed E-state index contributed by atoms with van der Waals surface area (Å²) in [4.78, 5) is 2.37.